The number of ether oxygens (including phenoxy) is 1. The summed E-state index contributed by atoms with van der Waals surface area (Å²) >= 11 is 0. The van der Waals surface area contributed by atoms with E-state index in [1.165, 1.54) is 30.5 Å². The number of pyridine rings is 1. The highest BCUT2D eigenvalue weighted by Gasteiger charge is 2.42. The number of carbonyl (C=O) groups excluding carboxylic acids is 1. The van der Waals surface area contributed by atoms with E-state index in [0.717, 1.165) is 18.4 Å². The predicted molar refractivity (Wildman–Crippen MR) is 148 cm³/mol. The molecule has 1 aromatic heterocycles. The molecule has 3 N–H and O–H groups in total. The van der Waals surface area contributed by atoms with Gasteiger partial charge in [-0.15, -0.1) is 0 Å². The zero-order valence-corrected chi connectivity index (χ0v) is 22.5. The molecule has 4 rings (SSSR count). The van der Waals surface area contributed by atoms with Gasteiger partial charge in [-0.25, -0.2) is 14.4 Å². The Hall–Kier alpha value is -3.03. The average molecular weight is 520 g/mol. The maximum atomic E-state index is 14.9. The molecule has 10 heteroatoms. The minimum absolute atomic E-state index is 0. The summed E-state index contributed by atoms with van der Waals surface area (Å²) in [6.07, 6.45) is 5.66. The number of nitrogens with two attached hydrogens (primary N) is 1. The number of carbonyl (C=O) groups is 1. The summed E-state index contributed by atoms with van der Waals surface area (Å²) in [6, 6.07) is 9.31. The number of amidine groups is 1. The second-order valence-electron chi connectivity index (χ2n) is 6.91. The smallest absolute Gasteiger partial charge is 0.283 e. The van der Waals surface area contributed by atoms with Gasteiger partial charge < -0.3 is 15.8 Å². The quantitative estimate of drug-likeness (QED) is 0.536. The molecule has 1 aliphatic heterocycles. The topological polar surface area (TPSA) is 113 Å². The zero-order valence-electron chi connectivity index (χ0n) is 20.5. The number of nitrogens with zero attached hydrogens (tertiary/aromatic N) is 3. The first-order valence-corrected chi connectivity index (χ1v) is 11.2. The molecule has 7 nitrogen and oxygen atoms in total. The van der Waals surface area contributed by atoms with Gasteiger partial charge in [0.1, 0.15) is 29.7 Å². The highest BCUT2D eigenvalue weighted by Crippen LogP contribution is 2.45. The lowest BCUT2D eigenvalue weighted by Gasteiger charge is -2.39. The van der Waals surface area contributed by atoms with E-state index in [2.05, 4.69) is 15.3 Å². The number of aromatic nitrogens is 1. The Labute approximate surface area is 220 Å². The standard InChI is InChI=1S/C21H18FN5O2.2C2H6.2H2S/c22-17-6-5-15(26-19(28)18-7-4-13(10-23)11-25-18)9-16(17)21-8-2-1-3-14(21)12-29-20(24)27-21;2*1-2;;/h3-7,9,11H,1-2,8,12H2,(H2,24,27)(H,26,28);2*1-2H3;2*1H2. The van der Waals surface area contributed by atoms with E-state index < -0.39 is 17.3 Å². The van der Waals surface area contributed by atoms with E-state index in [9.17, 15) is 9.18 Å². The lowest BCUT2D eigenvalue weighted by molar-refractivity contribution is 0.102. The van der Waals surface area contributed by atoms with Crippen molar-refractivity contribution in [3.8, 4) is 6.07 Å². The number of hydrogen-bond acceptors (Lipinski definition) is 6. The molecule has 1 unspecified atom stereocenters. The summed E-state index contributed by atoms with van der Waals surface area (Å²) in [5.74, 6) is -0.885. The van der Waals surface area contributed by atoms with Crippen molar-refractivity contribution in [1.82, 2.24) is 4.98 Å². The van der Waals surface area contributed by atoms with Gasteiger partial charge in [0.2, 0.25) is 0 Å². The van der Waals surface area contributed by atoms with Crippen LogP contribution in [0.2, 0.25) is 0 Å². The second kappa shape index (κ2) is 15.1. The van der Waals surface area contributed by atoms with Crippen molar-refractivity contribution in [1.29, 1.82) is 5.26 Å². The van der Waals surface area contributed by atoms with E-state index in [-0.39, 0.29) is 45.3 Å². The fourth-order valence-electron chi connectivity index (χ4n) is 3.72. The Kier molecular flexibility index (Phi) is 13.8. The van der Waals surface area contributed by atoms with Crippen LogP contribution >= 0.6 is 27.0 Å². The van der Waals surface area contributed by atoms with Gasteiger partial charge in [-0.05, 0) is 55.2 Å². The maximum absolute atomic E-state index is 14.9. The number of amides is 1. The number of aliphatic imine (C=N–C) groups is 1. The zero-order chi connectivity index (χ0) is 24.4. The number of fused-ring (bicyclic) bond motifs is 1. The van der Waals surface area contributed by atoms with Crippen molar-refractivity contribution < 1.29 is 13.9 Å². The number of benzene rings is 1. The molecule has 1 aliphatic carbocycles. The Balaban J connectivity index is 0.00000183. The summed E-state index contributed by atoms with van der Waals surface area (Å²) in [6.45, 7) is 8.26. The van der Waals surface area contributed by atoms with Crippen LogP contribution in [0.4, 0.5) is 10.1 Å². The van der Waals surface area contributed by atoms with Gasteiger partial charge in [0, 0.05) is 17.4 Å². The molecule has 1 aromatic carbocycles. The molecule has 0 spiro atoms. The molecule has 190 valence electrons. The summed E-state index contributed by atoms with van der Waals surface area (Å²) in [5.41, 5.74) is 7.03. The van der Waals surface area contributed by atoms with E-state index >= 15 is 0 Å². The largest absolute Gasteiger partial charge is 0.461 e. The molecule has 2 aliphatic rings. The van der Waals surface area contributed by atoms with Crippen molar-refractivity contribution in [3.63, 3.8) is 0 Å². The maximum Gasteiger partial charge on any atom is 0.283 e. The van der Waals surface area contributed by atoms with Crippen LogP contribution in [0.25, 0.3) is 0 Å². The SMILES string of the molecule is CC.CC.N#Cc1ccc(C(=O)Nc2ccc(F)c(C34CCCC=C3COC(N)=N4)c2)nc1.S.S. The Morgan fingerprint density at radius 3 is 2.54 bits per heavy atom. The van der Waals surface area contributed by atoms with Crippen LogP contribution in [0.5, 0.6) is 0 Å². The molecule has 0 radical (unpaired) electrons. The van der Waals surface area contributed by atoms with Crippen LogP contribution in [-0.4, -0.2) is 23.5 Å². The van der Waals surface area contributed by atoms with Crippen molar-refractivity contribution in [2.45, 2.75) is 52.5 Å². The van der Waals surface area contributed by atoms with Gasteiger partial charge in [-0.3, -0.25) is 4.79 Å². The lowest BCUT2D eigenvalue weighted by atomic mass is 9.75. The van der Waals surface area contributed by atoms with Crippen LogP contribution in [0.1, 0.15) is 68.6 Å². The third-order valence-electron chi connectivity index (χ3n) is 5.14. The molecule has 2 aromatic rings. The molecule has 1 amide bonds. The van der Waals surface area contributed by atoms with Crippen molar-refractivity contribution in [2.75, 3.05) is 11.9 Å². The van der Waals surface area contributed by atoms with Crippen LogP contribution in [0, 0.1) is 17.1 Å². The van der Waals surface area contributed by atoms with Crippen LogP contribution in [-0.2, 0) is 10.3 Å². The number of halogens is 1. The lowest BCUT2D eigenvalue weighted by Crippen LogP contribution is -2.40. The van der Waals surface area contributed by atoms with Crippen molar-refractivity contribution in [3.05, 3.63) is 70.8 Å². The number of anilines is 1. The monoisotopic (exact) mass is 519 g/mol. The fraction of sp³-hybridized carbons (Fsp3) is 0.360. The van der Waals surface area contributed by atoms with Gasteiger partial charge in [-0.1, -0.05) is 33.8 Å². The highest BCUT2D eigenvalue weighted by molar-refractivity contribution is 7.59. The Morgan fingerprint density at radius 2 is 1.91 bits per heavy atom. The van der Waals surface area contributed by atoms with Gasteiger partial charge in [0.25, 0.3) is 11.9 Å². The predicted octanol–water partition coefficient (Wildman–Crippen LogP) is 5.27. The average Bonchev–Trinajstić information content (AvgIpc) is 2.87. The van der Waals surface area contributed by atoms with E-state index in [4.69, 9.17) is 15.7 Å². The summed E-state index contributed by atoms with van der Waals surface area (Å²) in [4.78, 5) is 20.9. The van der Waals surface area contributed by atoms with Crippen LogP contribution in [0.15, 0.2) is 53.2 Å². The normalized spacial score (nSPS) is 17.3. The third kappa shape index (κ3) is 7.23. The van der Waals surface area contributed by atoms with Gasteiger partial charge in [0.05, 0.1) is 5.56 Å². The Bertz CT molecular complexity index is 1080. The molecule has 35 heavy (non-hydrogen) atoms. The van der Waals surface area contributed by atoms with Crippen molar-refractivity contribution in [2.24, 2.45) is 10.7 Å². The highest BCUT2D eigenvalue weighted by atomic mass is 32.1. The van der Waals surface area contributed by atoms with E-state index in [0.29, 0.717) is 23.2 Å². The molecular weight excluding hydrogens is 485 g/mol. The summed E-state index contributed by atoms with van der Waals surface area (Å²) in [5, 5.41) is 11.6. The molecular formula is C25H34FN5O2S2. The minimum atomic E-state index is -0.919. The summed E-state index contributed by atoms with van der Waals surface area (Å²) in [7, 11) is 0. The molecule has 0 saturated heterocycles. The van der Waals surface area contributed by atoms with Gasteiger partial charge in [0.15, 0.2) is 0 Å². The summed E-state index contributed by atoms with van der Waals surface area (Å²) < 4.78 is 20.2. The Morgan fingerprint density at radius 1 is 1.20 bits per heavy atom. The fourth-order valence-corrected chi connectivity index (χ4v) is 3.72. The number of allylic oxidation sites excluding steroid dienone is 1. The van der Waals surface area contributed by atoms with Crippen LogP contribution in [0.3, 0.4) is 0 Å². The number of rotatable bonds is 3. The first kappa shape index (κ1) is 32.0. The molecule has 0 saturated carbocycles. The second-order valence-corrected chi connectivity index (χ2v) is 6.91. The van der Waals surface area contributed by atoms with Crippen molar-refractivity contribution >= 4 is 44.6 Å². The number of nitrogens with one attached hydrogen (secondary N) is 1. The molecule has 0 fully saturated rings. The van der Waals surface area contributed by atoms with E-state index in [1.54, 1.807) is 6.07 Å². The minimum Gasteiger partial charge on any atom is -0.461 e. The van der Waals surface area contributed by atoms with E-state index in [1.807, 2.05) is 39.8 Å². The number of nitriles is 1. The molecule has 0 bridgehead atoms. The van der Waals surface area contributed by atoms with Gasteiger partial charge in [-0.2, -0.15) is 32.3 Å². The number of hydrogen-bond donors (Lipinski definition) is 2. The molecule has 1 atom stereocenters. The first-order chi connectivity index (χ1) is 16.0. The first-order valence-electron chi connectivity index (χ1n) is 11.2. The van der Waals surface area contributed by atoms with Crippen LogP contribution < -0.4 is 11.1 Å². The molecule has 2 heterocycles. The van der Waals surface area contributed by atoms with Gasteiger partial charge >= 0.3 is 0 Å². The third-order valence-corrected chi connectivity index (χ3v) is 5.14.